The van der Waals surface area contributed by atoms with Crippen molar-refractivity contribution in [2.24, 2.45) is 5.73 Å². The van der Waals surface area contributed by atoms with E-state index in [4.69, 9.17) is 22.1 Å². The molecule has 0 fully saturated rings. The van der Waals surface area contributed by atoms with Gasteiger partial charge in [-0.25, -0.2) is 0 Å². The second-order valence-electron chi connectivity index (χ2n) is 3.65. The SMILES string of the molecule is CCCNC(C(N)=O)c1c(Cl)cccc1OC. The van der Waals surface area contributed by atoms with Crippen molar-refractivity contribution in [3.8, 4) is 5.75 Å². The standard InChI is InChI=1S/C12H17ClN2O2/c1-3-7-15-11(12(14)16)10-8(13)5-4-6-9(10)17-2/h4-6,11,15H,3,7H2,1-2H3,(H2,14,16). The molecule has 1 amide bonds. The quantitative estimate of drug-likeness (QED) is 0.817. The molecule has 5 heteroatoms. The van der Waals surface area contributed by atoms with Gasteiger partial charge in [0, 0.05) is 10.6 Å². The van der Waals surface area contributed by atoms with Crippen LogP contribution < -0.4 is 15.8 Å². The zero-order valence-corrected chi connectivity index (χ0v) is 10.8. The van der Waals surface area contributed by atoms with Crippen molar-refractivity contribution in [1.29, 1.82) is 0 Å². The molecular weight excluding hydrogens is 240 g/mol. The molecule has 1 aromatic rings. The summed E-state index contributed by atoms with van der Waals surface area (Å²) in [6.07, 6.45) is 0.899. The van der Waals surface area contributed by atoms with Gasteiger partial charge in [-0.15, -0.1) is 0 Å². The van der Waals surface area contributed by atoms with Gasteiger partial charge in [-0.2, -0.15) is 0 Å². The Morgan fingerprint density at radius 2 is 2.29 bits per heavy atom. The van der Waals surface area contributed by atoms with E-state index in [1.54, 1.807) is 18.2 Å². The second kappa shape index (κ2) is 6.47. The van der Waals surface area contributed by atoms with Gasteiger partial charge in [-0.1, -0.05) is 24.6 Å². The average Bonchev–Trinajstić information content (AvgIpc) is 2.30. The Kier molecular flexibility index (Phi) is 5.25. The Labute approximate surface area is 106 Å². The topological polar surface area (TPSA) is 64.3 Å². The summed E-state index contributed by atoms with van der Waals surface area (Å²) < 4.78 is 5.21. The van der Waals surface area contributed by atoms with Crippen LogP contribution >= 0.6 is 11.6 Å². The van der Waals surface area contributed by atoms with Crippen LogP contribution in [0.1, 0.15) is 24.9 Å². The van der Waals surface area contributed by atoms with Gasteiger partial charge in [0.2, 0.25) is 5.91 Å². The van der Waals surface area contributed by atoms with E-state index in [0.717, 1.165) is 6.42 Å². The van der Waals surface area contributed by atoms with Crippen LogP contribution in [0.25, 0.3) is 0 Å². The third kappa shape index (κ3) is 3.35. The lowest BCUT2D eigenvalue weighted by Crippen LogP contribution is -2.34. The number of carbonyl (C=O) groups is 1. The number of rotatable bonds is 6. The number of halogens is 1. The number of nitrogens with one attached hydrogen (secondary N) is 1. The van der Waals surface area contributed by atoms with E-state index in [-0.39, 0.29) is 0 Å². The van der Waals surface area contributed by atoms with E-state index in [9.17, 15) is 4.79 Å². The fourth-order valence-corrected chi connectivity index (χ4v) is 1.88. The maximum Gasteiger partial charge on any atom is 0.239 e. The Morgan fingerprint density at radius 1 is 1.59 bits per heavy atom. The molecule has 94 valence electrons. The summed E-state index contributed by atoms with van der Waals surface area (Å²) in [5.41, 5.74) is 5.98. The van der Waals surface area contributed by atoms with Crippen molar-refractivity contribution in [3.63, 3.8) is 0 Å². The first-order valence-corrected chi connectivity index (χ1v) is 5.84. The number of carbonyl (C=O) groups excluding carboxylic acids is 1. The molecule has 0 aliphatic rings. The number of primary amides is 1. The van der Waals surface area contributed by atoms with Crippen molar-refractivity contribution in [1.82, 2.24) is 5.32 Å². The largest absolute Gasteiger partial charge is 0.496 e. The van der Waals surface area contributed by atoms with E-state index < -0.39 is 11.9 Å². The minimum atomic E-state index is -0.626. The summed E-state index contributed by atoms with van der Waals surface area (Å²) >= 11 is 6.10. The molecule has 1 aromatic carbocycles. The minimum absolute atomic E-state index is 0.468. The molecule has 0 aliphatic carbocycles. The van der Waals surface area contributed by atoms with Gasteiger partial charge < -0.3 is 15.8 Å². The second-order valence-corrected chi connectivity index (χ2v) is 4.05. The van der Waals surface area contributed by atoms with Crippen molar-refractivity contribution < 1.29 is 9.53 Å². The summed E-state index contributed by atoms with van der Waals surface area (Å²) in [7, 11) is 1.53. The number of amides is 1. The zero-order chi connectivity index (χ0) is 12.8. The van der Waals surface area contributed by atoms with Gasteiger partial charge in [0.25, 0.3) is 0 Å². The molecule has 0 saturated heterocycles. The highest BCUT2D eigenvalue weighted by Crippen LogP contribution is 2.31. The molecule has 0 aromatic heterocycles. The summed E-state index contributed by atoms with van der Waals surface area (Å²) in [4.78, 5) is 11.5. The molecule has 0 spiro atoms. The first-order valence-electron chi connectivity index (χ1n) is 5.46. The van der Waals surface area contributed by atoms with Gasteiger partial charge >= 0.3 is 0 Å². The fraction of sp³-hybridized carbons (Fsp3) is 0.417. The van der Waals surface area contributed by atoms with Crippen LogP contribution in [0.2, 0.25) is 5.02 Å². The molecule has 0 bridgehead atoms. The Bertz CT molecular complexity index is 396. The van der Waals surface area contributed by atoms with Gasteiger partial charge in [0.1, 0.15) is 11.8 Å². The Balaban J connectivity index is 3.12. The van der Waals surface area contributed by atoms with E-state index in [0.29, 0.717) is 22.9 Å². The third-order valence-corrected chi connectivity index (χ3v) is 2.73. The molecule has 4 nitrogen and oxygen atoms in total. The van der Waals surface area contributed by atoms with Crippen LogP contribution in [0.5, 0.6) is 5.75 Å². The molecular formula is C12H17ClN2O2. The van der Waals surface area contributed by atoms with Crippen molar-refractivity contribution >= 4 is 17.5 Å². The highest BCUT2D eigenvalue weighted by Gasteiger charge is 2.23. The predicted molar refractivity (Wildman–Crippen MR) is 68.2 cm³/mol. The molecule has 3 N–H and O–H groups in total. The summed E-state index contributed by atoms with van der Waals surface area (Å²) in [5.74, 6) is 0.0924. The summed E-state index contributed by atoms with van der Waals surface area (Å²) in [5, 5.41) is 3.53. The zero-order valence-electron chi connectivity index (χ0n) is 10.00. The Hall–Kier alpha value is -1.26. The molecule has 1 atom stereocenters. The molecule has 1 rings (SSSR count). The first kappa shape index (κ1) is 13.8. The molecule has 0 aliphatic heterocycles. The van der Waals surface area contributed by atoms with Crippen LogP contribution in [0.15, 0.2) is 18.2 Å². The first-order chi connectivity index (χ1) is 8.11. The van der Waals surface area contributed by atoms with Gasteiger partial charge in [-0.05, 0) is 25.1 Å². The van der Waals surface area contributed by atoms with E-state index in [2.05, 4.69) is 5.32 Å². The number of hydrogen-bond acceptors (Lipinski definition) is 3. The van der Waals surface area contributed by atoms with Crippen molar-refractivity contribution in [3.05, 3.63) is 28.8 Å². The number of methoxy groups -OCH3 is 1. The maximum atomic E-state index is 11.5. The number of nitrogens with two attached hydrogens (primary N) is 1. The van der Waals surface area contributed by atoms with Crippen LogP contribution in [-0.4, -0.2) is 19.6 Å². The smallest absolute Gasteiger partial charge is 0.239 e. The van der Waals surface area contributed by atoms with Crippen LogP contribution in [0.4, 0.5) is 0 Å². The molecule has 0 heterocycles. The van der Waals surface area contributed by atoms with Crippen LogP contribution in [0, 0.1) is 0 Å². The summed E-state index contributed by atoms with van der Waals surface area (Å²) in [6, 6.07) is 4.61. The number of ether oxygens (including phenoxy) is 1. The number of benzene rings is 1. The lowest BCUT2D eigenvalue weighted by molar-refractivity contribution is -0.120. The summed E-state index contributed by atoms with van der Waals surface area (Å²) in [6.45, 7) is 2.69. The number of hydrogen-bond donors (Lipinski definition) is 2. The van der Waals surface area contributed by atoms with E-state index in [1.807, 2.05) is 6.92 Å². The fourth-order valence-electron chi connectivity index (χ4n) is 1.61. The molecule has 0 radical (unpaired) electrons. The maximum absolute atomic E-state index is 11.5. The van der Waals surface area contributed by atoms with E-state index in [1.165, 1.54) is 7.11 Å². The van der Waals surface area contributed by atoms with Gasteiger partial charge in [0.15, 0.2) is 0 Å². The van der Waals surface area contributed by atoms with Crippen molar-refractivity contribution in [2.45, 2.75) is 19.4 Å². The normalized spacial score (nSPS) is 12.2. The Morgan fingerprint density at radius 3 is 2.82 bits per heavy atom. The van der Waals surface area contributed by atoms with Crippen LogP contribution in [-0.2, 0) is 4.79 Å². The van der Waals surface area contributed by atoms with E-state index >= 15 is 0 Å². The van der Waals surface area contributed by atoms with Crippen molar-refractivity contribution in [2.75, 3.05) is 13.7 Å². The third-order valence-electron chi connectivity index (χ3n) is 2.40. The molecule has 0 saturated carbocycles. The highest BCUT2D eigenvalue weighted by atomic mass is 35.5. The average molecular weight is 257 g/mol. The lowest BCUT2D eigenvalue weighted by atomic mass is 10.0. The lowest BCUT2D eigenvalue weighted by Gasteiger charge is -2.19. The van der Waals surface area contributed by atoms with Gasteiger partial charge in [0.05, 0.1) is 7.11 Å². The minimum Gasteiger partial charge on any atom is -0.496 e. The van der Waals surface area contributed by atoms with Gasteiger partial charge in [-0.3, -0.25) is 4.79 Å². The predicted octanol–water partition coefficient (Wildman–Crippen LogP) is 1.87. The monoisotopic (exact) mass is 256 g/mol. The molecule has 1 unspecified atom stereocenters. The molecule has 17 heavy (non-hydrogen) atoms. The van der Waals surface area contributed by atoms with Crippen LogP contribution in [0.3, 0.4) is 0 Å². The highest BCUT2D eigenvalue weighted by molar-refractivity contribution is 6.31.